The molecule has 21 heavy (non-hydrogen) atoms. The van der Waals surface area contributed by atoms with Gasteiger partial charge in [0, 0.05) is 17.1 Å². The Morgan fingerprint density at radius 1 is 1.24 bits per heavy atom. The minimum absolute atomic E-state index is 0.104. The molecule has 1 aromatic rings. The number of benzene rings is 1. The van der Waals surface area contributed by atoms with Gasteiger partial charge in [-0.3, -0.25) is 0 Å². The summed E-state index contributed by atoms with van der Waals surface area (Å²) >= 11 is 3.37. The largest absolute Gasteiger partial charge is 0.313 e. The molecule has 0 aliphatic rings. The standard InChI is InChI=1S/C15H25BrN2O2S/c1-5-8-17-10-13-6-7-15(14(16)9-13)21(19,20)18-12(4)11(2)3/h6-7,9,11-12,17-18H,5,8,10H2,1-4H3. The topological polar surface area (TPSA) is 58.2 Å². The first-order valence-electron chi connectivity index (χ1n) is 7.29. The van der Waals surface area contributed by atoms with Crippen molar-refractivity contribution in [2.45, 2.75) is 51.6 Å². The summed E-state index contributed by atoms with van der Waals surface area (Å²) in [5.74, 6) is 0.246. The summed E-state index contributed by atoms with van der Waals surface area (Å²) in [5, 5.41) is 3.30. The molecule has 0 aromatic heterocycles. The molecule has 6 heteroatoms. The third-order valence-corrected chi connectivity index (χ3v) is 5.92. The average Bonchev–Trinajstić information content (AvgIpc) is 2.38. The maximum atomic E-state index is 12.4. The molecule has 0 saturated heterocycles. The van der Waals surface area contributed by atoms with Gasteiger partial charge >= 0.3 is 0 Å². The van der Waals surface area contributed by atoms with E-state index in [9.17, 15) is 8.42 Å². The second-order valence-corrected chi connectivity index (χ2v) is 8.13. The Balaban J connectivity index is 2.88. The average molecular weight is 377 g/mol. The lowest BCUT2D eigenvalue weighted by Crippen LogP contribution is -2.36. The third kappa shape index (κ3) is 5.70. The van der Waals surface area contributed by atoms with Gasteiger partial charge in [-0.15, -0.1) is 0 Å². The van der Waals surface area contributed by atoms with Gasteiger partial charge in [0.25, 0.3) is 0 Å². The van der Waals surface area contributed by atoms with E-state index in [1.54, 1.807) is 6.07 Å². The smallest absolute Gasteiger partial charge is 0.241 e. The van der Waals surface area contributed by atoms with Gasteiger partial charge in [0.2, 0.25) is 10.0 Å². The molecule has 0 heterocycles. The van der Waals surface area contributed by atoms with Crippen LogP contribution in [-0.2, 0) is 16.6 Å². The summed E-state index contributed by atoms with van der Waals surface area (Å²) < 4.78 is 28.1. The summed E-state index contributed by atoms with van der Waals surface area (Å²) in [6, 6.07) is 5.26. The fraction of sp³-hybridized carbons (Fsp3) is 0.600. The van der Waals surface area contributed by atoms with Crippen molar-refractivity contribution in [2.75, 3.05) is 6.54 Å². The molecule has 0 fully saturated rings. The van der Waals surface area contributed by atoms with E-state index in [1.807, 2.05) is 32.9 Å². The molecule has 0 radical (unpaired) electrons. The van der Waals surface area contributed by atoms with E-state index in [0.717, 1.165) is 25.1 Å². The number of hydrogen-bond donors (Lipinski definition) is 2. The van der Waals surface area contributed by atoms with Gasteiger partial charge in [0.05, 0.1) is 4.90 Å². The summed E-state index contributed by atoms with van der Waals surface area (Å²) in [7, 11) is -3.49. The van der Waals surface area contributed by atoms with E-state index in [0.29, 0.717) is 4.47 Å². The van der Waals surface area contributed by atoms with Crippen molar-refractivity contribution in [3.05, 3.63) is 28.2 Å². The summed E-state index contributed by atoms with van der Waals surface area (Å²) in [6.07, 6.45) is 1.07. The first kappa shape index (κ1) is 18.6. The highest BCUT2D eigenvalue weighted by Crippen LogP contribution is 2.24. The molecule has 0 amide bonds. The summed E-state index contributed by atoms with van der Waals surface area (Å²) in [6.45, 7) is 9.66. The Morgan fingerprint density at radius 3 is 2.43 bits per heavy atom. The van der Waals surface area contributed by atoms with Crippen molar-refractivity contribution in [1.29, 1.82) is 0 Å². The Bertz CT molecular complexity index is 559. The maximum Gasteiger partial charge on any atom is 0.241 e. The van der Waals surface area contributed by atoms with E-state index in [4.69, 9.17) is 0 Å². The molecule has 0 spiro atoms. The lowest BCUT2D eigenvalue weighted by molar-refractivity contribution is 0.476. The quantitative estimate of drug-likeness (QED) is 0.684. The number of sulfonamides is 1. The molecule has 1 aromatic carbocycles. The van der Waals surface area contributed by atoms with E-state index in [-0.39, 0.29) is 16.9 Å². The van der Waals surface area contributed by atoms with Crippen molar-refractivity contribution in [3.8, 4) is 0 Å². The van der Waals surface area contributed by atoms with Crippen LogP contribution in [0.25, 0.3) is 0 Å². The van der Waals surface area contributed by atoms with Crippen LogP contribution < -0.4 is 10.0 Å². The van der Waals surface area contributed by atoms with Crippen LogP contribution in [-0.4, -0.2) is 21.0 Å². The van der Waals surface area contributed by atoms with Gasteiger partial charge in [0.1, 0.15) is 0 Å². The lowest BCUT2D eigenvalue weighted by Gasteiger charge is -2.18. The molecule has 0 aliphatic carbocycles. The SMILES string of the molecule is CCCNCc1ccc(S(=O)(=O)NC(C)C(C)C)c(Br)c1. The van der Waals surface area contributed by atoms with Gasteiger partial charge in [-0.25, -0.2) is 13.1 Å². The summed E-state index contributed by atoms with van der Waals surface area (Å²) in [4.78, 5) is 0.286. The van der Waals surface area contributed by atoms with Gasteiger partial charge in [0.15, 0.2) is 0 Å². The Hall–Kier alpha value is -0.430. The molecular weight excluding hydrogens is 352 g/mol. The molecule has 2 N–H and O–H groups in total. The van der Waals surface area contributed by atoms with E-state index < -0.39 is 10.0 Å². The predicted molar refractivity (Wildman–Crippen MR) is 90.8 cm³/mol. The third-order valence-electron chi connectivity index (χ3n) is 3.38. The molecule has 1 rings (SSSR count). The number of hydrogen-bond acceptors (Lipinski definition) is 3. The molecule has 0 aliphatic heterocycles. The minimum Gasteiger partial charge on any atom is -0.313 e. The molecule has 1 unspecified atom stereocenters. The number of rotatable bonds is 8. The van der Waals surface area contributed by atoms with Gasteiger partial charge in [-0.1, -0.05) is 26.8 Å². The zero-order valence-corrected chi connectivity index (χ0v) is 15.5. The van der Waals surface area contributed by atoms with Gasteiger partial charge < -0.3 is 5.32 Å². The van der Waals surface area contributed by atoms with E-state index >= 15 is 0 Å². The second-order valence-electron chi connectivity index (χ2n) is 5.60. The molecule has 4 nitrogen and oxygen atoms in total. The Labute approximate surface area is 136 Å². The molecular formula is C15H25BrN2O2S. The zero-order chi connectivity index (χ0) is 16.0. The van der Waals surface area contributed by atoms with Crippen LogP contribution in [0.5, 0.6) is 0 Å². The summed E-state index contributed by atoms with van der Waals surface area (Å²) in [5.41, 5.74) is 1.06. The fourth-order valence-electron chi connectivity index (χ4n) is 1.73. The van der Waals surface area contributed by atoms with Crippen LogP contribution in [0.1, 0.15) is 39.7 Å². The first-order chi connectivity index (χ1) is 9.77. The van der Waals surface area contributed by atoms with E-state index in [2.05, 4.69) is 32.9 Å². The second kappa shape index (κ2) is 8.27. The van der Waals surface area contributed by atoms with Crippen molar-refractivity contribution >= 4 is 26.0 Å². The Morgan fingerprint density at radius 2 is 1.90 bits per heavy atom. The zero-order valence-electron chi connectivity index (χ0n) is 13.1. The monoisotopic (exact) mass is 376 g/mol. The fourth-order valence-corrected chi connectivity index (χ4v) is 4.24. The minimum atomic E-state index is -3.49. The van der Waals surface area contributed by atoms with Crippen LogP contribution in [0.4, 0.5) is 0 Å². The van der Waals surface area contributed by atoms with Crippen LogP contribution in [0, 0.1) is 5.92 Å². The number of halogens is 1. The molecule has 1 atom stereocenters. The number of nitrogens with one attached hydrogen (secondary N) is 2. The highest BCUT2D eigenvalue weighted by Gasteiger charge is 2.21. The van der Waals surface area contributed by atoms with Gasteiger partial charge in [-0.2, -0.15) is 0 Å². The highest BCUT2D eigenvalue weighted by molar-refractivity contribution is 9.10. The predicted octanol–water partition coefficient (Wildman–Crippen LogP) is 3.27. The Kier molecular flexibility index (Phi) is 7.33. The lowest BCUT2D eigenvalue weighted by atomic mass is 10.1. The van der Waals surface area contributed by atoms with Crippen LogP contribution in [0.3, 0.4) is 0 Å². The normalized spacial score (nSPS) is 13.6. The molecule has 120 valence electrons. The highest BCUT2D eigenvalue weighted by atomic mass is 79.9. The van der Waals surface area contributed by atoms with Crippen molar-refractivity contribution in [2.24, 2.45) is 5.92 Å². The van der Waals surface area contributed by atoms with Crippen LogP contribution in [0.15, 0.2) is 27.6 Å². The molecule has 0 saturated carbocycles. The van der Waals surface area contributed by atoms with Crippen molar-refractivity contribution < 1.29 is 8.42 Å². The maximum absolute atomic E-state index is 12.4. The van der Waals surface area contributed by atoms with Crippen molar-refractivity contribution in [3.63, 3.8) is 0 Å². The van der Waals surface area contributed by atoms with Crippen LogP contribution in [0.2, 0.25) is 0 Å². The van der Waals surface area contributed by atoms with Crippen LogP contribution >= 0.6 is 15.9 Å². The van der Waals surface area contributed by atoms with Gasteiger partial charge in [-0.05, 0) is 59.4 Å². The van der Waals surface area contributed by atoms with E-state index in [1.165, 1.54) is 0 Å². The molecule has 0 bridgehead atoms. The first-order valence-corrected chi connectivity index (χ1v) is 9.57. The van der Waals surface area contributed by atoms with Crippen molar-refractivity contribution in [1.82, 2.24) is 10.0 Å².